The molecule has 0 aliphatic heterocycles. The molecule has 0 amide bonds. The fraction of sp³-hybridized carbons (Fsp3) is 0.417. The van der Waals surface area contributed by atoms with Gasteiger partial charge in [-0.2, -0.15) is 0 Å². The van der Waals surface area contributed by atoms with E-state index in [1.807, 2.05) is 13.8 Å². The molecule has 0 aliphatic rings. The number of benzene rings is 1. The monoisotopic (exact) mass is 227 g/mol. The number of rotatable bonds is 5. The summed E-state index contributed by atoms with van der Waals surface area (Å²) < 4.78 is 26.0. The summed E-state index contributed by atoms with van der Waals surface area (Å²) in [4.78, 5) is 11.9. The Morgan fingerprint density at radius 2 is 2.06 bits per heavy atom. The van der Waals surface area contributed by atoms with Gasteiger partial charge in [0.2, 0.25) is 0 Å². The Balaban J connectivity index is 2.94. The molecule has 1 aromatic rings. The van der Waals surface area contributed by atoms with Crippen LogP contribution >= 0.6 is 0 Å². The molecule has 88 valence electrons. The number of carbonyl (C=O) groups excluding carboxylic acids is 1. The zero-order valence-corrected chi connectivity index (χ0v) is 9.39. The van der Waals surface area contributed by atoms with Gasteiger partial charge in [-0.1, -0.05) is 13.8 Å². The van der Waals surface area contributed by atoms with Crippen molar-refractivity contribution in [2.75, 3.05) is 6.54 Å². The van der Waals surface area contributed by atoms with Crippen molar-refractivity contribution >= 4 is 5.78 Å². The number of likely N-dealkylation sites (N-methyl/N-ethyl adjacent to an activating group) is 1. The van der Waals surface area contributed by atoms with Crippen molar-refractivity contribution in [2.24, 2.45) is 0 Å². The third kappa shape index (κ3) is 2.85. The van der Waals surface area contributed by atoms with Crippen molar-refractivity contribution in [2.45, 2.75) is 26.3 Å². The van der Waals surface area contributed by atoms with Crippen LogP contribution in [0.3, 0.4) is 0 Å². The zero-order chi connectivity index (χ0) is 12.1. The number of ketones is 1. The Hall–Kier alpha value is -1.29. The third-order valence-corrected chi connectivity index (χ3v) is 2.37. The number of carbonyl (C=O) groups is 1. The highest BCUT2D eigenvalue weighted by atomic mass is 19.1. The number of halogens is 2. The summed E-state index contributed by atoms with van der Waals surface area (Å²) in [6.45, 7) is 4.34. The van der Waals surface area contributed by atoms with Gasteiger partial charge in [-0.15, -0.1) is 0 Å². The minimum atomic E-state index is -0.804. The predicted molar refractivity (Wildman–Crippen MR) is 58.4 cm³/mol. The smallest absolute Gasteiger partial charge is 0.182 e. The van der Waals surface area contributed by atoms with Gasteiger partial charge in [-0.25, -0.2) is 8.78 Å². The lowest BCUT2D eigenvalue weighted by Crippen LogP contribution is -2.36. The molecule has 1 N–H and O–H groups in total. The number of Topliss-reactive ketones (excluding diaryl/α,β-unsaturated/α-hetero) is 1. The van der Waals surface area contributed by atoms with Gasteiger partial charge < -0.3 is 5.32 Å². The molecule has 0 heterocycles. The number of hydrogen-bond donors (Lipinski definition) is 1. The topological polar surface area (TPSA) is 29.1 Å². The van der Waals surface area contributed by atoms with Gasteiger partial charge >= 0.3 is 0 Å². The fourth-order valence-electron chi connectivity index (χ4n) is 1.55. The van der Waals surface area contributed by atoms with E-state index in [0.717, 1.165) is 12.1 Å². The number of nitrogens with one attached hydrogen (secondary N) is 1. The molecular weight excluding hydrogens is 212 g/mol. The van der Waals surface area contributed by atoms with E-state index >= 15 is 0 Å². The second-order valence-electron chi connectivity index (χ2n) is 3.51. The van der Waals surface area contributed by atoms with Crippen LogP contribution in [0.4, 0.5) is 8.78 Å². The van der Waals surface area contributed by atoms with E-state index in [4.69, 9.17) is 0 Å². The van der Waals surface area contributed by atoms with Crippen LogP contribution in [0.15, 0.2) is 18.2 Å². The molecule has 0 aromatic heterocycles. The first-order chi connectivity index (χ1) is 7.60. The maximum Gasteiger partial charge on any atom is 0.182 e. The van der Waals surface area contributed by atoms with Crippen LogP contribution in [-0.2, 0) is 0 Å². The Morgan fingerprint density at radius 3 is 2.56 bits per heavy atom. The molecule has 0 fully saturated rings. The van der Waals surface area contributed by atoms with Gasteiger partial charge in [0, 0.05) is 6.07 Å². The molecule has 0 radical (unpaired) electrons. The largest absolute Gasteiger partial charge is 0.307 e. The van der Waals surface area contributed by atoms with Crippen LogP contribution in [0.2, 0.25) is 0 Å². The van der Waals surface area contributed by atoms with E-state index in [1.165, 1.54) is 6.07 Å². The summed E-state index contributed by atoms with van der Waals surface area (Å²) >= 11 is 0. The first-order valence-corrected chi connectivity index (χ1v) is 5.32. The molecule has 1 aromatic carbocycles. The fourth-order valence-corrected chi connectivity index (χ4v) is 1.55. The summed E-state index contributed by atoms with van der Waals surface area (Å²) in [5.74, 6) is -1.81. The molecule has 1 unspecified atom stereocenters. The molecule has 0 spiro atoms. The van der Waals surface area contributed by atoms with Crippen LogP contribution < -0.4 is 5.32 Å². The van der Waals surface area contributed by atoms with Crippen LogP contribution in [-0.4, -0.2) is 18.4 Å². The Kier molecular flexibility index (Phi) is 4.55. The van der Waals surface area contributed by atoms with Crippen molar-refractivity contribution in [1.82, 2.24) is 5.32 Å². The summed E-state index contributed by atoms with van der Waals surface area (Å²) in [6, 6.07) is 2.60. The summed E-state index contributed by atoms with van der Waals surface area (Å²) in [5, 5.41) is 2.96. The third-order valence-electron chi connectivity index (χ3n) is 2.37. The predicted octanol–water partition coefficient (Wildman–Crippen LogP) is 2.54. The Bertz CT molecular complexity index is 379. The van der Waals surface area contributed by atoms with E-state index < -0.39 is 17.7 Å². The molecule has 0 saturated heterocycles. The van der Waals surface area contributed by atoms with Gasteiger partial charge in [-0.05, 0) is 25.1 Å². The molecule has 1 atom stereocenters. The Labute approximate surface area is 93.7 Å². The highest BCUT2D eigenvalue weighted by molar-refractivity contribution is 6.00. The van der Waals surface area contributed by atoms with Gasteiger partial charge in [-0.3, -0.25) is 4.79 Å². The Morgan fingerprint density at radius 1 is 1.38 bits per heavy atom. The highest BCUT2D eigenvalue weighted by Crippen LogP contribution is 2.13. The van der Waals surface area contributed by atoms with E-state index in [-0.39, 0.29) is 11.3 Å². The molecule has 2 nitrogen and oxygen atoms in total. The van der Waals surface area contributed by atoms with E-state index in [2.05, 4.69) is 5.32 Å². The maximum absolute atomic E-state index is 13.3. The minimum absolute atomic E-state index is 0.0609. The lowest BCUT2D eigenvalue weighted by Gasteiger charge is -2.14. The number of hydrogen-bond acceptors (Lipinski definition) is 2. The maximum atomic E-state index is 13.3. The van der Waals surface area contributed by atoms with E-state index in [9.17, 15) is 13.6 Å². The average Bonchev–Trinajstić information content (AvgIpc) is 2.25. The molecule has 0 aliphatic carbocycles. The van der Waals surface area contributed by atoms with Crippen LogP contribution in [0.25, 0.3) is 0 Å². The lowest BCUT2D eigenvalue weighted by molar-refractivity contribution is 0.0937. The zero-order valence-electron chi connectivity index (χ0n) is 9.39. The van der Waals surface area contributed by atoms with Gasteiger partial charge in [0.15, 0.2) is 5.78 Å². The summed E-state index contributed by atoms with van der Waals surface area (Å²) in [6.07, 6.45) is 0.573. The first kappa shape index (κ1) is 12.8. The standard InChI is InChI=1S/C12H15F2NO/c1-3-11(15-4-2)12(16)9-6-5-8(13)7-10(9)14/h5-7,11,15H,3-4H2,1-2H3. The van der Waals surface area contributed by atoms with E-state index in [1.54, 1.807) is 0 Å². The quantitative estimate of drug-likeness (QED) is 0.783. The SMILES string of the molecule is CCNC(CC)C(=O)c1ccc(F)cc1F. The van der Waals surface area contributed by atoms with Gasteiger partial charge in [0.25, 0.3) is 0 Å². The van der Waals surface area contributed by atoms with Gasteiger partial charge in [0.05, 0.1) is 11.6 Å². The summed E-state index contributed by atoms with van der Waals surface area (Å²) in [7, 11) is 0. The molecular formula is C12H15F2NO. The molecule has 0 bridgehead atoms. The van der Waals surface area contributed by atoms with Crippen molar-refractivity contribution in [3.05, 3.63) is 35.4 Å². The van der Waals surface area contributed by atoms with E-state index in [0.29, 0.717) is 13.0 Å². The summed E-state index contributed by atoms with van der Waals surface area (Å²) in [5.41, 5.74) is -0.0609. The van der Waals surface area contributed by atoms with Crippen LogP contribution in [0.5, 0.6) is 0 Å². The van der Waals surface area contributed by atoms with Crippen molar-refractivity contribution in [1.29, 1.82) is 0 Å². The molecule has 0 saturated carbocycles. The van der Waals surface area contributed by atoms with Crippen molar-refractivity contribution in [3.8, 4) is 0 Å². The van der Waals surface area contributed by atoms with Crippen LogP contribution in [0, 0.1) is 11.6 Å². The van der Waals surface area contributed by atoms with Crippen LogP contribution in [0.1, 0.15) is 30.6 Å². The van der Waals surface area contributed by atoms with Crippen molar-refractivity contribution < 1.29 is 13.6 Å². The van der Waals surface area contributed by atoms with Crippen molar-refractivity contribution in [3.63, 3.8) is 0 Å². The molecule has 16 heavy (non-hydrogen) atoms. The lowest BCUT2D eigenvalue weighted by atomic mass is 10.0. The van der Waals surface area contributed by atoms with Gasteiger partial charge in [0.1, 0.15) is 11.6 Å². The minimum Gasteiger partial charge on any atom is -0.307 e. The first-order valence-electron chi connectivity index (χ1n) is 5.32. The highest BCUT2D eigenvalue weighted by Gasteiger charge is 2.20. The molecule has 4 heteroatoms. The molecule has 1 rings (SSSR count). The normalized spacial score (nSPS) is 12.5. The second kappa shape index (κ2) is 5.70. The average molecular weight is 227 g/mol. The second-order valence-corrected chi connectivity index (χ2v) is 3.51.